The van der Waals surface area contributed by atoms with Crippen molar-refractivity contribution in [2.75, 3.05) is 11.9 Å². The zero-order valence-corrected chi connectivity index (χ0v) is 12.9. The number of benzene rings is 1. The fraction of sp³-hybridized carbons (Fsp3) is 0.438. The SMILES string of the molecule is CC(C)CCC(=O)NCC(=O)Nc1cccc(CC(=O)O)c1. The lowest BCUT2D eigenvalue weighted by Gasteiger charge is -2.08. The molecule has 0 aliphatic rings. The highest BCUT2D eigenvalue weighted by Gasteiger charge is 2.08. The maximum absolute atomic E-state index is 11.7. The summed E-state index contributed by atoms with van der Waals surface area (Å²) in [6.07, 6.45) is 1.08. The first-order chi connectivity index (χ1) is 10.4. The lowest BCUT2D eigenvalue weighted by molar-refractivity contribution is -0.136. The zero-order valence-electron chi connectivity index (χ0n) is 12.9. The van der Waals surface area contributed by atoms with Gasteiger partial charge < -0.3 is 15.7 Å². The number of amides is 2. The van der Waals surface area contributed by atoms with Gasteiger partial charge in [-0.15, -0.1) is 0 Å². The number of carboxylic acids is 1. The molecule has 0 fully saturated rings. The second-order valence-electron chi connectivity index (χ2n) is 5.53. The lowest BCUT2D eigenvalue weighted by atomic mass is 10.1. The minimum absolute atomic E-state index is 0.0971. The Balaban J connectivity index is 2.41. The van der Waals surface area contributed by atoms with E-state index in [0.29, 0.717) is 23.6 Å². The van der Waals surface area contributed by atoms with Crippen molar-refractivity contribution in [1.82, 2.24) is 5.32 Å². The molecule has 0 aliphatic heterocycles. The molecule has 0 atom stereocenters. The van der Waals surface area contributed by atoms with E-state index in [2.05, 4.69) is 10.6 Å². The van der Waals surface area contributed by atoms with Gasteiger partial charge in [-0.25, -0.2) is 0 Å². The topological polar surface area (TPSA) is 95.5 Å². The molecule has 0 heterocycles. The van der Waals surface area contributed by atoms with Crippen LogP contribution in [0.3, 0.4) is 0 Å². The number of nitrogens with one attached hydrogen (secondary N) is 2. The highest BCUT2D eigenvalue weighted by molar-refractivity contribution is 5.94. The van der Waals surface area contributed by atoms with Crippen molar-refractivity contribution in [3.05, 3.63) is 29.8 Å². The second kappa shape index (κ2) is 8.81. The minimum Gasteiger partial charge on any atom is -0.481 e. The van der Waals surface area contributed by atoms with Gasteiger partial charge in [-0.3, -0.25) is 14.4 Å². The van der Waals surface area contributed by atoms with Gasteiger partial charge in [-0.1, -0.05) is 26.0 Å². The maximum Gasteiger partial charge on any atom is 0.307 e. The molecule has 0 aromatic heterocycles. The van der Waals surface area contributed by atoms with Crippen molar-refractivity contribution in [2.45, 2.75) is 33.1 Å². The number of aliphatic carboxylic acids is 1. The van der Waals surface area contributed by atoms with Gasteiger partial charge in [0.1, 0.15) is 0 Å². The van der Waals surface area contributed by atoms with Crippen molar-refractivity contribution in [2.24, 2.45) is 5.92 Å². The highest BCUT2D eigenvalue weighted by Crippen LogP contribution is 2.11. The van der Waals surface area contributed by atoms with Crippen LogP contribution in [0.1, 0.15) is 32.3 Å². The van der Waals surface area contributed by atoms with E-state index in [4.69, 9.17) is 5.11 Å². The fourth-order valence-electron chi connectivity index (χ4n) is 1.83. The zero-order chi connectivity index (χ0) is 16.5. The molecule has 1 aromatic carbocycles. The second-order valence-corrected chi connectivity index (χ2v) is 5.53. The van der Waals surface area contributed by atoms with Crippen molar-refractivity contribution in [1.29, 1.82) is 0 Å². The van der Waals surface area contributed by atoms with Crippen molar-refractivity contribution in [3.8, 4) is 0 Å². The van der Waals surface area contributed by atoms with Crippen LogP contribution in [-0.4, -0.2) is 29.4 Å². The Morgan fingerprint density at radius 1 is 1.18 bits per heavy atom. The van der Waals surface area contributed by atoms with Gasteiger partial charge in [0.2, 0.25) is 11.8 Å². The van der Waals surface area contributed by atoms with E-state index in [0.717, 1.165) is 6.42 Å². The molecule has 0 aliphatic carbocycles. The monoisotopic (exact) mass is 306 g/mol. The molecule has 1 aromatic rings. The third kappa shape index (κ3) is 7.42. The summed E-state index contributed by atoms with van der Waals surface area (Å²) in [7, 11) is 0. The standard InChI is InChI=1S/C16H22N2O4/c1-11(2)6-7-14(19)17-10-15(20)18-13-5-3-4-12(8-13)9-16(21)22/h3-5,8,11H,6-7,9-10H2,1-2H3,(H,17,19)(H,18,20)(H,21,22). The summed E-state index contributed by atoms with van der Waals surface area (Å²) >= 11 is 0. The van der Waals surface area contributed by atoms with Gasteiger partial charge in [-0.2, -0.15) is 0 Å². The van der Waals surface area contributed by atoms with Gasteiger partial charge in [0, 0.05) is 12.1 Å². The molecule has 0 spiro atoms. The molecule has 0 radical (unpaired) electrons. The molecule has 22 heavy (non-hydrogen) atoms. The van der Waals surface area contributed by atoms with E-state index in [9.17, 15) is 14.4 Å². The van der Waals surface area contributed by atoms with Gasteiger partial charge in [0.15, 0.2) is 0 Å². The molecule has 0 unspecified atom stereocenters. The van der Waals surface area contributed by atoms with Crippen molar-refractivity contribution < 1.29 is 19.5 Å². The first kappa shape index (κ1) is 17.7. The lowest BCUT2D eigenvalue weighted by Crippen LogP contribution is -2.32. The Labute approximate surface area is 129 Å². The van der Waals surface area contributed by atoms with Crippen LogP contribution in [0.5, 0.6) is 0 Å². The molecule has 2 amide bonds. The molecule has 0 saturated carbocycles. The minimum atomic E-state index is -0.930. The third-order valence-electron chi connectivity index (χ3n) is 2.96. The summed E-state index contributed by atoms with van der Waals surface area (Å²) in [6, 6.07) is 6.63. The van der Waals surface area contributed by atoms with E-state index in [1.54, 1.807) is 24.3 Å². The predicted octanol–water partition coefficient (Wildman–Crippen LogP) is 1.80. The van der Waals surface area contributed by atoms with Gasteiger partial charge in [0.25, 0.3) is 0 Å². The molecule has 6 heteroatoms. The van der Waals surface area contributed by atoms with E-state index in [1.807, 2.05) is 13.8 Å². The van der Waals surface area contributed by atoms with Crippen LogP contribution >= 0.6 is 0 Å². The van der Waals surface area contributed by atoms with E-state index in [-0.39, 0.29) is 24.8 Å². The van der Waals surface area contributed by atoms with Crippen molar-refractivity contribution in [3.63, 3.8) is 0 Å². The van der Waals surface area contributed by atoms with Crippen LogP contribution in [0.15, 0.2) is 24.3 Å². The van der Waals surface area contributed by atoms with Crippen LogP contribution in [-0.2, 0) is 20.8 Å². The third-order valence-corrected chi connectivity index (χ3v) is 2.96. The summed E-state index contributed by atoms with van der Waals surface area (Å²) in [5.74, 6) is -0.980. The summed E-state index contributed by atoms with van der Waals surface area (Å²) in [6.45, 7) is 3.97. The number of carboxylic acid groups (broad SMARTS) is 1. The van der Waals surface area contributed by atoms with E-state index >= 15 is 0 Å². The summed E-state index contributed by atoms with van der Waals surface area (Å²) in [5, 5.41) is 13.9. The van der Waals surface area contributed by atoms with Crippen LogP contribution < -0.4 is 10.6 Å². The van der Waals surface area contributed by atoms with Crippen LogP contribution in [0.25, 0.3) is 0 Å². The van der Waals surface area contributed by atoms with Crippen LogP contribution in [0, 0.1) is 5.92 Å². The molecule has 6 nitrogen and oxygen atoms in total. The average molecular weight is 306 g/mol. The Morgan fingerprint density at radius 2 is 1.91 bits per heavy atom. The molecule has 3 N–H and O–H groups in total. The number of hydrogen-bond acceptors (Lipinski definition) is 3. The molecule has 0 bridgehead atoms. The average Bonchev–Trinajstić information content (AvgIpc) is 2.42. The highest BCUT2D eigenvalue weighted by atomic mass is 16.4. The Bertz CT molecular complexity index is 541. The van der Waals surface area contributed by atoms with E-state index in [1.165, 1.54) is 0 Å². The molecular formula is C16H22N2O4. The number of carbonyl (C=O) groups excluding carboxylic acids is 2. The molecular weight excluding hydrogens is 284 g/mol. The maximum atomic E-state index is 11.7. The van der Waals surface area contributed by atoms with Gasteiger partial charge >= 0.3 is 5.97 Å². The quantitative estimate of drug-likeness (QED) is 0.682. The van der Waals surface area contributed by atoms with Crippen LogP contribution in [0.2, 0.25) is 0 Å². The number of hydrogen-bond donors (Lipinski definition) is 3. The summed E-state index contributed by atoms with van der Waals surface area (Å²) in [4.78, 5) is 33.9. The first-order valence-corrected chi connectivity index (χ1v) is 7.24. The van der Waals surface area contributed by atoms with E-state index < -0.39 is 5.97 Å². The molecule has 0 saturated heterocycles. The van der Waals surface area contributed by atoms with Crippen LogP contribution in [0.4, 0.5) is 5.69 Å². The predicted molar refractivity (Wildman–Crippen MR) is 83.5 cm³/mol. The molecule has 1 rings (SSSR count). The summed E-state index contributed by atoms with van der Waals surface area (Å²) < 4.78 is 0. The van der Waals surface area contributed by atoms with Gasteiger partial charge in [-0.05, 0) is 30.0 Å². The Hall–Kier alpha value is -2.37. The number of carbonyl (C=O) groups is 3. The van der Waals surface area contributed by atoms with Gasteiger partial charge in [0.05, 0.1) is 13.0 Å². The Kier molecular flexibility index (Phi) is 7.08. The summed E-state index contributed by atoms with van der Waals surface area (Å²) in [5.41, 5.74) is 1.12. The number of rotatable bonds is 8. The number of anilines is 1. The van der Waals surface area contributed by atoms with Crippen molar-refractivity contribution >= 4 is 23.5 Å². The normalized spacial score (nSPS) is 10.3. The smallest absolute Gasteiger partial charge is 0.307 e. The largest absolute Gasteiger partial charge is 0.481 e. The first-order valence-electron chi connectivity index (χ1n) is 7.24. The molecule has 120 valence electrons. The Morgan fingerprint density at radius 3 is 2.55 bits per heavy atom. The fourth-order valence-corrected chi connectivity index (χ4v) is 1.83.